The second-order valence-corrected chi connectivity index (χ2v) is 9.03. The topological polar surface area (TPSA) is 105 Å². The zero-order chi connectivity index (χ0) is 24.1. The Morgan fingerprint density at radius 2 is 1.88 bits per heavy atom. The summed E-state index contributed by atoms with van der Waals surface area (Å²) >= 11 is 0. The first-order chi connectivity index (χ1) is 16.4. The van der Waals surface area contributed by atoms with Crippen LogP contribution in [0.4, 0.5) is 17.5 Å². The van der Waals surface area contributed by atoms with Crippen LogP contribution in [0.3, 0.4) is 0 Å². The van der Waals surface area contributed by atoms with E-state index in [1.807, 2.05) is 37.2 Å². The molecule has 0 aliphatic heterocycles. The first kappa shape index (κ1) is 23.7. The van der Waals surface area contributed by atoms with Gasteiger partial charge >= 0.3 is 0 Å². The molecule has 1 heterocycles. The van der Waals surface area contributed by atoms with Gasteiger partial charge in [-0.15, -0.1) is 0 Å². The highest BCUT2D eigenvalue weighted by Crippen LogP contribution is 2.29. The maximum absolute atomic E-state index is 11.1. The summed E-state index contributed by atoms with van der Waals surface area (Å²) < 4.78 is 5.36. The van der Waals surface area contributed by atoms with E-state index in [9.17, 15) is 10.1 Å². The molecule has 0 spiro atoms. The molecule has 180 valence electrons. The maximum Gasteiger partial charge on any atom is 0.270 e. The van der Waals surface area contributed by atoms with Gasteiger partial charge in [0.25, 0.3) is 5.69 Å². The number of nitrogens with zero attached hydrogens (tertiary/aromatic N) is 4. The molecule has 0 atom stereocenters. The van der Waals surface area contributed by atoms with Crippen molar-refractivity contribution in [1.82, 2.24) is 15.3 Å². The molecule has 9 nitrogen and oxygen atoms in total. The van der Waals surface area contributed by atoms with Crippen LogP contribution in [0.2, 0.25) is 0 Å². The highest BCUT2D eigenvalue weighted by molar-refractivity contribution is 5.90. The van der Waals surface area contributed by atoms with Gasteiger partial charge in [0, 0.05) is 49.8 Å². The number of nitro benzene ring substituents is 1. The molecule has 0 amide bonds. The zero-order valence-electron chi connectivity index (χ0n) is 20.0. The summed E-state index contributed by atoms with van der Waals surface area (Å²) in [5, 5.41) is 19.1. The average Bonchev–Trinajstić information content (AvgIpc) is 2.84. The van der Waals surface area contributed by atoms with Crippen molar-refractivity contribution in [2.24, 2.45) is 5.92 Å². The van der Waals surface area contributed by atoms with Gasteiger partial charge < -0.3 is 20.3 Å². The molecule has 2 N–H and O–H groups in total. The minimum absolute atomic E-state index is 0.0810. The first-order valence-corrected chi connectivity index (χ1v) is 11.7. The van der Waals surface area contributed by atoms with Crippen molar-refractivity contribution in [3.63, 3.8) is 0 Å². The summed E-state index contributed by atoms with van der Waals surface area (Å²) in [5.41, 5.74) is 1.83. The summed E-state index contributed by atoms with van der Waals surface area (Å²) in [6.07, 6.45) is 4.32. The molecule has 4 rings (SSSR count). The van der Waals surface area contributed by atoms with Crippen LogP contribution in [0.1, 0.15) is 31.2 Å². The number of rotatable bonds is 9. The van der Waals surface area contributed by atoms with Crippen LogP contribution in [0.25, 0.3) is 10.9 Å². The third-order valence-corrected chi connectivity index (χ3v) is 6.41. The Labute approximate surface area is 199 Å². The maximum atomic E-state index is 11.1. The van der Waals surface area contributed by atoms with Crippen molar-refractivity contribution >= 4 is 28.4 Å². The van der Waals surface area contributed by atoms with Crippen molar-refractivity contribution in [3.05, 3.63) is 58.1 Å². The monoisotopic (exact) mass is 464 g/mol. The van der Waals surface area contributed by atoms with Crippen molar-refractivity contribution in [1.29, 1.82) is 0 Å². The summed E-state index contributed by atoms with van der Waals surface area (Å²) in [7, 11) is 5.58. The van der Waals surface area contributed by atoms with Gasteiger partial charge in [0.1, 0.15) is 11.6 Å². The molecule has 1 aliphatic rings. The molecule has 1 fully saturated rings. The number of para-hydroxylation sites is 1. The predicted molar refractivity (Wildman–Crippen MR) is 135 cm³/mol. The second kappa shape index (κ2) is 10.6. The molecule has 3 aromatic rings. The smallest absolute Gasteiger partial charge is 0.270 e. The first-order valence-electron chi connectivity index (χ1n) is 11.7. The molecule has 34 heavy (non-hydrogen) atoms. The van der Waals surface area contributed by atoms with E-state index in [1.54, 1.807) is 19.2 Å². The molecule has 0 bridgehead atoms. The van der Waals surface area contributed by atoms with E-state index in [4.69, 9.17) is 14.7 Å². The largest absolute Gasteiger partial charge is 0.496 e. The fourth-order valence-corrected chi connectivity index (χ4v) is 4.59. The Balaban J connectivity index is 1.30. The molecule has 1 saturated carbocycles. The van der Waals surface area contributed by atoms with E-state index in [2.05, 4.69) is 16.7 Å². The average molecular weight is 465 g/mol. The van der Waals surface area contributed by atoms with Gasteiger partial charge in [-0.2, -0.15) is 4.98 Å². The number of hydrogen-bond acceptors (Lipinski definition) is 8. The lowest BCUT2D eigenvalue weighted by Crippen LogP contribution is -2.31. The van der Waals surface area contributed by atoms with Gasteiger partial charge in [-0.1, -0.05) is 12.1 Å². The van der Waals surface area contributed by atoms with Crippen LogP contribution >= 0.6 is 0 Å². The third kappa shape index (κ3) is 5.53. The Morgan fingerprint density at radius 3 is 2.59 bits per heavy atom. The van der Waals surface area contributed by atoms with E-state index >= 15 is 0 Å². The van der Waals surface area contributed by atoms with E-state index in [0.29, 0.717) is 30.2 Å². The number of benzene rings is 2. The molecule has 1 aliphatic carbocycles. The lowest BCUT2D eigenvalue weighted by Gasteiger charge is -2.29. The number of ether oxygens (including phenoxy) is 1. The lowest BCUT2D eigenvalue weighted by atomic mass is 9.86. The zero-order valence-corrected chi connectivity index (χ0v) is 20.0. The molecule has 1 aromatic heterocycles. The minimum atomic E-state index is -0.377. The molecule has 0 radical (unpaired) electrons. The quantitative estimate of drug-likeness (QED) is 0.355. The lowest BCUT2D eigenvalue weighted by molar-refractivity contribution is -0.384. The fourth-order valence-electron chi connectivity index (χ4n) is 4.59. The SMILES string of the molecule is COc1ccc([N+](=O)[O-])cc1CNCC1CCC(Nc2nc(N(C)C)c3ccccc3n2)CC1. The molecule has 9 heteroatoms. The Kier molecular flexibility index (Phi) is 7.42. The number of nitro groups is 1. The Hall–Kier alpha value is -3.46. The van der Waals surface area contributed by atoms with Crippen molar-refractivity contribution < 1.29 is 9.66 Å². The van der Waals surface area contributed by atoms with Gasteiger partial charge in [0.15, 0.2) is 0 Å². The van der Waals surface area contributed by atoms with Crippen LogP contribution in [-0.2, 0) is 6.54 Å². The number of hydrogen-bond donors (Lipinski definition) is 2. The van der Waals surface area contributed by atoms with Crippen LogP contribution in [-0.4, -0.2) is 48.7 Å². The third-order valence-electron chi connectivity index (χ3n) is 6.41. The molecule has 0 unspecified atom stereocenters. The van der Waals surface area contributed by atoms with E-state index in [1.165, 1.54) is 6.07 Å². The van der Waals surface area contributed by atoms with Crippen molar-refractivity contribution in [2.75, 3.05) is 38.0 Å². The van der Waals surface area contributed by atoms with Gasteiger partial charge in [-0.3, -0.25) is 10.1 Å². The van der Waals surface area contributed by atoms with Gasteiger partial charge in [-0.05, 0) is 56.3 Å². The van der Waals surface area contributed by atoms with Crippen molar-refractivity contribution in [2.45, 2.75) is 38.3 Å². The second-order valence-electron chi connectivity index (χ2n) is 9.03. The summed E-state index contributed by atoms with van der Waals surface area (Å²) in [6, 6.07) is 13.1. The Bertz CT molecular complexity index is 1140. The fraction of sp³-hybridized carbons (Fsp3) is 0.440. The molecule has 2 aromatic carbocycles. The highest BCUT2D eigenvalue weighted by Gasteiger charge is 2.22. The van der Waals surface area contributed by atoms with Gasteiger partial charge in [0.2, 0.25) is 5.95 Å². The number of non-ortho nitro benzene ring substituents is 1. The standard InChI is InChI=1S/C25H32N6O3/c1-30(2)24-21-6-4-5-7-22(21)28-25(29-24)27-19-10-8-17(9-11-19)15-26-16-18-14-20(31(32)33)12-13-23(18)34-3/h4-7,12-14,17,19,26H,8-11,15-16H2,1-3H3,(H,27,28,29). The van der Waals surface area contributed by atoms with Gasteiger partial charge in [-0.25, -0.2) is 4.98 Å². The van der Waals surface area contributed by atoms with Crippen molar-refractivity contribution in [3.8, 4) is 5.75 Å². The minimum Gasteiger partial charge on any atom is -0.496 e. The molecular weight excluding hydrogens is 432 g/mol. The summed E-state index contributed by atoms with van der Waals surface area (Å²) in [4.78, 5) is 22.2. The van der Waals surface area contributed by atoms with E-state index in [0.717, 1.165) is 54.5 Å². The molecule has 0 saturated heterocycles. The van der Waals surface area contributed by atoms with Crippen LogP contribution in [0, 0.1) is 16.0 Å². The van der Waals surface area contributed by atoms with Crippen LogP contribution in [0.15, 0.2) is 42.5 Å². The number of fused-ring (bicyclic) bond motifs is 1. The normalized spacial score (nSPS) is 18.0. The highest BCUT2D eigenvalue weighted by atomic mass is 16.6. The summed E-state index contributed by atoms with van der Waals surface area (Å²) in [6.45, 7) is 1.41. The number of nitrogens with one attached hydrogen (secondary N) is 2. The van der Waals surface area contributed by atoms with Crippen LogP contribution in [0.5, 0.6) is 5.75 Å². The number of methoxy groups -OCH3 is 1. The number of aromatic nitrogens is 2. The van der Waals surface area contributed by atoms with Gasteiger partial charge in [0.05, 0.1) is 17.5 Å². The predicted octanol–water partition coefficient (Wildman–Crippen LogP) is 4.37. The summed E-state index contributed by atoms with van der Waals surface area (Å²) in [5.74, 6) is 2.83. The van der Waals surface area contributed by atoms with E-state index in [-0.39, 0.29) is 10.6 Å². The number of anilines is 2. The Morgan fingerprint density at radius 1 is 1.12 bits per heavy atom. The van der Waals surface area contributed by atoms with E-state index < -0.39 is 0 Å². The molecular formula is C25H32N6O3. The van der Waals surface area contributed by atoms with Crippen LogP contribution < -0.4 is 20.3 Å².